The molecule has 0 amide bonds. The Morgan fingerprint density at radius 1 is 1.50 bits per heavy atom. The van der Waals surface area contributed by atoms with E-state index in [-0.39, 0.29) is 0 Å². The summed E-state index contributed by atoms with van der Waals surface area (Å²) in [4.78, 5) is 8.90. The van der Waals surface area contributed by atoms with Gasteiger partial charge in [-0.05, 0) is 37.4 Å². The number of hydrogen-bond acceptors (Lipinski definition) is 3. The van der Waals surface area contributed by atoms with Crippen LogP contribution in [0.15, 0.2) is 18.3 Å². The molecule has 0 atom stereocenters. The van der Waals surface area contributed by atoms with E-state index in [9.17, 15) is 0 Å². The van der Waals surface area contributed by atoms with Crippen molar-refractivity contribution in [3.63, 3.8) is 0 Å². The quantitative estimate of drug-likeness (QED) is 0.841. The standard InChI is InChI=1S/C12H16N4/c1-16-11(8-13-7-9-4-5-9)15-10-3-2-6-14-12(10)16/h2-3,6,9,13H,4-5,7-8H2,1H3. The highest BCUT2D eigenvalue weighted by Crippen LogP contribution is 2.27. The molecule has 2 aromatic heterocycles. The van der Waals surface area contributed by atoms with E-state index in [1.54, 1.807) is 0 Å². The first kappa shape index (κ1) is 9.78. The molecule has 4 nitrogen and oxygen atoms in total. The van der Waals surface area contributed by atoms with Gasteiger partial charge in [-0.15, -0.1) is 0 Å². The predicted octanol–water partition coefficient (Wildman–Crippen LogP) is 1.47. The number of fused-ring (bicyclic) bond motifs is 1. The molecule has 2 heterocycles. The van der Waals surface area contributed by atoms with Gasteiger partial charge in [0.1, 0.15) is 11.3 Å². The van der Waals surface area contributed by atoms with Gasteiger partial charge in [-0.2, -0.15) is 0 Å². The third-order valence-corrected chi connectivity index (χ3v) is 3.13. The lowest BCUT2D eigenvalue weighted by Crippen LogP contribution is -2.18. The van der Waals surface area contributed by atoms with Crippen LogP contribution in [0, 0.1) is 5.92 Å². The number of imidazole rings is 1. The van der Waals surface area contributed by atoms with Crippen molar-refractivity contribution in [2.45, 2.75) is 19.4 Å². The minimum Gasteiger partial charge on any atom is -0.315 e. The average Bonchev–Trinajstić information content (AvgIpc) is 3.06. The Morgan fingerprint density at radius 3 is 3.12 bits per heavy atom. The van der Waals surface area contributed by atoms with Crippen LogP contribution < -0.4 is 5.32 Å². The summed E-state index contributed by atoms with van der Waals surface area (Å²) >= 11 is 0. The fourth-order valence-corrected chi connectivity index (χ4v) is 1.94. The van der Waals surface area contributed by atoms with Crippen molar-refractivity contribution in [3.05, 3.63) is 24.2 Å². The summed E-state index contributed by atoms with van der Waals surface area (Å²) in [5.41, 5.74) is 1.94. The van der Waals surface area contributed by atoms with E-state index in [4.69, 9.17) is 0 Å². The molecule has 1 N–H and O–H groups in total. The normalized spacial score (nSPS) is 15.8. The Kier molecular flexibility index (Phi) is 2.36. The summed E-state index contributed by atoms with van der Waals surface area (Å²) in [7, 11) is 2.02. The molecule has 0 radical (unpaired) electrons. The zero-order chi connectivity index (χ0) is 11.0. The van der Waals surface area contributed by atoms with Gasteiger partial charge in [0.25, 0.3) is 0 Å². The maximum atomic E-state index is 4.57. The summed E-state index contributed by atoms with van der Waals surface area (Å²) in [5, 5.41) is 3.45. The monoisotopic (exact) mass is 216 g/mol. The van der Waals surface area contributed by atoms with E-state index in [1.165, 1.54) is 12.8 Å². The van der Waals surface area contributed by atoms with Crippen LogP contribution >= 0.6 is 0 Å². The molecule has 0 aliphatic heterocycles. The molecule has 0 saturated heterocycles. The Morgan fingerprint density at radius 2 is 2.38 bits per heavy atom. The first-order chi connectivity index (χ1) is 7.84. The predicted molar refractivity (Wildman–Crippen MR) is 62.9 cm³/mol. The van der Waals surface area contributed by atoms with Crippen LogP contribution in [0.3, 0.4) is 0 Å². The minimum atomic E-state index is 0.837. The van der Waals surface area contributed by atoms with Crippen molar-refractivity contribution in [2.75, 3.05) is 6.54 Å². The second-order valence-electron chi connectivity index (χ2n) is 4.51. The molecular weight excluding hydrogens is 200 g/mol. The van der Waals surface area contributed by atoms with Gasteiger partial charge in [-0.25, -0.2) is 9.97 Å². The second kappa shape index (κ2) is 3.87. The van der Waals surface area contributed by atoms with Crippen molar-refractivity contribution < 1.29 is 0 Å². The topological polar surface area (TPSA) is 42.7 Å². The van der Waals surface area contributed by atoms with Gasteiger partial charge in [0.05, 0.1) is 6.54 Å². The van der Waals surface area contributed by atoms with E-state index in [1.807, 2.05) is 25.4 Å². The summed E-state index contributed by atoms with van der Waals surface area (Å²) in [6.45, 7) is 1.96. The molecule has 0 unspecified atom stereocenters. The van der Waals surface area contributed by atoms with Gasteiger partial charge in [-0.3, -0.25) is 0 Å². The lowest BCUT2D eigenvalue weighted by molar-refractivity contribution is 0.607. The number of nitrogens with zero attached hydrogens (tertiary/aromatic N) is 3. The van der Waals surface area contributed by atoms with Crippen molar-refractivity contribution in [3.8, 4) is 0 Å². The van der Waals surface area contributed by atoms with E-state index < -0.39 is 0 Å². The van der Waals surface area contributed by atoms with E-state index in [2.05, 4.69) is 19.9 Å². The molecule has 0 aromatic carbocycles. The lowest BCUT2D eigenvalue weighted by Gasteiger charge is -2.03. The molecule has 3 rings (SSSR count). The fourth-order valence-electron chi connectivity index (χ4n) is 1.94. The fraction of sp³-hybridized carbons (Fsp3) is 0.500. The van der Waals surface area contributed by atoms with Gasteiger partial charge in [-0.1, -0.05) is 0 Å². The first-order valence-corrected chi connectivity index (χ1v) is 5.81. The summed E-state index contributed by atoms with van der Waals surface area (Å²) in [5.74, 6) is 1.97. The zero-order valence-corrected chi connectivity index (χ0v) is 9.48. The Hall–Kier alpha value is -1.42. The molecule has 0 bridgehead atoms. The number of pyridine rings is 1. The van der Waals surface area contributed by atoms with Gasteiger partial charge in [0.15, 0.2) is 5.65 Å². The van der Waals surface area contributed by atoms with Crippen LogP contribution in [0.5, 0.6) is 0 Å². The van der Waals surface area contributed by atoms with Gasteiger partial charge >= 0.3 is 0 Å². The van der Waals surface area contributed by atoms with Crippen molar-refractivity contribution >= 4 is 11.2 Å². The average molecular weight is 216 g/mol. The van der Waals surface area contributed by atoms with Crippen LogP contribution in [0.4, 0.5) is 0 Å². The second-order valence-corrected chi connectivity index (χ2v) is 4.51. The molecule has 16 heavy (non-hydrogen) atoms. The van der Waals surface area contributed by atoms with Crippen LogP contribution in [0.2, 0.25) is 0 Å². The first-order valence-electron chi connectivity index (χ1n) is 5.81. The Bertz CT molecular complexity index is 499. The SMILES string of the molecule is Cn1c(CNCC2CC2)nc2cccnc21. The molecule has 1 aliphatic rings. The number of aryl methyl sites for hydroxylation is 1. The Labute approximate surface area is 94.7 Å². The summed E-state index contributed by atoms with van der Waals surface area (Å²) < 4.78 is 2.06. The zero-order valence-electron chi connectivity index (χ0n) is 9.48. The van der Waals surface area contributed by atoms with Gasteiger partial charge in [0, 0.05) is 13.2 Å². The van der Waals surface area contributed by atoms with Crippen molar-refractivity contribution in [2.24, 2.45) is 13.0 Å². The number of aromatic nitrogens is 3. The maximum absolute atomic E-state index is 4.57. The smallest absolute Gasteiger partial charge is 0.159 e. The van der Waals surface area contributed by atoms with Crippen molar-refractivity contribution in [1.82, 2.24) is 19.9 Å². The van der Waals surface area contributed by atoms with E-state index >= 15 is 0 Å². The van der Waals surface area contributed by atoms with Gasteiger partial charge in [0.2, 0.25) is 0 Å². The van der Waals surface area contributed by atoms with Crippen LogP contribution in [0.1, 0.15) is 18.7 Å². The molecule has 1 aliphatic carbocycles. The minimum absolute atomic E-state index is 0.837. The summed E-state index contributed by atoms with van der Waals surface area (Å²) in [6, 6.07) is 3.93. The Balaban J connectivity index is 1.77. The lowest BCUT2D eigenvalue weighted by atomic mass is 10.4. The van der Waals surface area contributed by atoms with Gasteiger partial charge < -0.3 is 9.88 Å². The highest BCUT2D eigenvalue weighted by atomic mass is 15.1. The maximum Gasteiger partial charge on any atom is 0.159 e. The molecule has 0 spiro atoms. The molecule has 1 fully saturated rings. The molecule has 4 heteroatoms. The number of rotatable bonds is 4. The molecular formula is C12H16N4. The van der Waals surface area contributed by atoms with E-state index in [0.717, 1.165) is 36.0 Å². The molecule has 2 aromatic rings. The third kappa shape index (κ3) is 1.80. The van der Waals surface area contributed by atoms with Crippen molar-refractivity contribution in [1.29, 1.82) is 0 Å². The molecule has 1 saturated carbocycles. The van der Waals surface area contributed by atoms with E-state index in [0.29, 0.717) is 0 Å². The highest BCUT2D eigenvalue weighted by Gasteiger charge is 2.20. The highest BCUT2D eigenvalue weighted by molar-refractivity contribution is 5.70. The van der Waals surface area contributed by atoms with Crippen LogP contribution in [-0.4, -0.2) is 21.1 Å². The number of hydrogen-bond donors (Lipinski definition) is 1. The third-order valence-electron chi connectivity index (χ3n) is 3.13. The largest absolute Gasteiger partial charge is 0.315 e. The van der Waals surface area contributed by atoms with Crippen LogP contribution in [-0.2, 0) is 13.6 Å². The van der Waals surface area contributed by atoms with Crippen LogP contribution in [0.25, 0.3) is 11.2 Å². The molecule has 84 valence electrons. The number of nitrogens with one attached hydrogen (secondary N) is 1. The summed E-state index contributed by atoms with van der Waals surface area (Å²) in [6.07, 6.45) is 4.58.